The quantitative estimate of drug-likeness (QED) is 0.357. The summed E-state index contributed by atoms with van der Waals surface area (Å²) in [6.07, 6.45) is 1.09. The summed E-state index contributed by atoms with van der Waals surface area (Å²) < 4.78 is 38.7. The molecule has 186 valence electrons. The molecule has 7 nitrogen and oxygen atoms in total. The molecule has 0 spiro atoms. The number of methoxy groups -OCH3 is 2. The van der Waals surface area contributed by atoms with Crippen molar-refractivity contribution in [1.29, 1.82) is 0 Å². The largest absolute Gasteiger partial charge is 0.493 e. The van der Waals surface area contributed by atoms with E-state index in [4.69, 9.17) is 21.1 Å². The zero-order valence-electron chi connectivity index (χ0n) is 19.7. The lowest BCUT2D eigenvalue weighted by Crippen LogP contribution is -2.33. The maximum absolute atomic E-state index is 13.5. The first kappa shape index (κ1) is 26.8. The third-order valence-corrected chi connectivity index (χ3v) is 7.28. The van der Waals surface area contributed by atoms with Gasteiger partial charge in [0.1, 0.15) is 0 Å². The molecule has 0 fully saturated rings. The maximum Gasteiger partial charge on any atom is 0.254 e. The number of benzene rings is 3. The molecule has 1 atom stereocenters. The van der Waals surface area contributed by atoms with Crippen molar-refractivity contribution in [3.05, 3.63) is 86.8 Å². The fourth-order valence-corrected chi connectivity index (χ4v) is 4.78. The summed E-state index contributed by atoms with van der Waals surface area (Å²) in [7, 11) is -0.898. The normalized spacial score (nSPS) is 12.1. The van der Waals surface area contributed by atoms with E-state index >= 15 is 0 Å². The van der Waals surface area contributed by atoms with Crippen LogP contribution >= 0.6 is 27.5 Å². The number of nitrogens with zero attached hydrogens (tertiary/aromatic N) is 1. The lowest BCUT2D eigenvalue weighted by Gasteiger charge is -2.26. The molecule has 0 aliphatic heterocycles. The average molecular weight is 582 g/mol. The Morgan fingerprint density at radius 3 is 2.14 bits per heavy atom. The summed E-state index contributed by atoms with van der Waals surface area (Å²) >= 11 is 9.39. The molecule has 3 aromatic carbocycles. The summed E-state index contributed by atoms with van der Waals surface area (Å²) in [6.45, 7) is 1.84. The van der Waals surface area contributed by atoms with Crippen LogP contribution in [0.25, 0.3) is 0 Å². The van der Waals surface area contributed by atoms with Gasteiger partial charge in [-0.3, -0.25) is 9.10 Å². The topological polar surface area (TPSA) is 84.9 Å². The van der Waals surface area contributed by atoms with Gasteiger partial charge in [0, 0.05) is 15.6 Å². The van der Waals surface area contributed by atoms with E-state index in [2.05, 4.69) is 21.2 Å². The zero-order chi connectivity index (χ0) is 25.8. The molecule has 3 aromatic rings. The first-order valence-corrected chi connectivity index (χ1v) is 13.6. The van der Waals surface area contributed by atoms with E-state index in [1.807, 2.05) is 31.2 Å². The van der Waals surface area contributed by atoms with E-state index in [-0.39, 0.29) is 23.8 Å². The molecule has 0 aliphatic rings. The molecule has 0 aromatic heterocycles. The minimum Gasteiger partial charge on any atom is -0.493 e. The molecule has 1 amide bonds. The monoisotopic (exact) mass is 580 g/mol. The van der Waals surface area contributed by atoms with Gasteiger partial charge in [-0.1, -0.05) is 51.8 Å². The molecule has 1 N–H and O–H groups in total. The minimum atomic E-state index is -3.79. The highest BCUT2D eigenvalue weighted by Gasteiger charge is 2.27. The van der Waals surface area contributed by atoms with E-state index < -0.39 is 15.9 Å². The number of anilines is 1. The number of hydrogen-bond acceptors (Lipinski definition) is 5. The van der Waals surface area contributed by atoms with Crippen LogP contribution in [0.5, 0.6) is 11.5 Å². The first-order chi connectivity index (χ1) is 16.5. The predicted octanol–water partition coefficient (Wildman–Crippen LogP) is 5.58. The van der Waals surface area contributed by atoms with Gasteiger partial charge in [0.15, 0.2) is 11.5 Å². The Morgan fingerprint density at radius 2 is 1.60 bits per heavy atom. The number of nitrogens with one attached hydrogen (secondary N) is 1. The van der Waals surface area contributed by atoms with Crippen molar-refractivity contribution in [2.45, 2.75) is 19.5 Å². The van der Waals surface area contributed by atoms with Crippen LogP contribution in [0.1, 0.15) is 34.5 Å². The van der Waals surface area contributed by atoms with Gasteiger partial charge in [0.2, 0.25) is 10.0 Å². The molecule has 10 heteroatoms. The highest BCUT2D eigenvalue weighted by atomic mass is 79.9. The third kappa shape index (κ3) is 6.68. The molecule has 0 bridgehead atoms. The Bertz CT molecular complexity index is 1300. The van der Waals surface area contributed by atoms with Crippen molar-refractivity contribution < 1.29 is 22.7 Å². The SMILES string of the molecule is COc1cc(C(=O)NC(C)c2ccc(Br)cc2)c(N(Cc2ccc(Cl)cc2)S(C)(=O)=O)cc1OC. The van der Waals surface area contributed by atoms with Gasteiger partial charge >= 0.3 is 0 Å². The standard InChI is InChI=1S/C25H26BrClN2O5S/c1-16(18-7-9-19(26)10-8-18)28-25(30)21-13-23(33-2)24(34-3)14-22(21)29(35(4,31)32)15-17-5-11-20(27)12-6-17/h5-14,16H,15H2,1-4H3,(H,28,30). The number of hydrogen-bond donors (Lipinski definition) is 1. The van der Waals surface area contributed by atoms with Gasteiger partial charge in [-0.2, -0.15) is 0 Å². The van der Waals surface area contributed by atoms with Crippen LogP contribution in [0.3, 0.4) is 0 Å². The van der Waals surface area contributed by atoms with Crippen molar-refractivity contribution in [2.75, 3.05) is 24.8 Å². The Balaban J connectivity index is 2.07. The number of ether oxygens (including phenoxy) is 2. The van der Waals surface area contributed by atoms with E-state index in [1.165, 1.54) is 26.4 Å². The van der Waals surface area contributed by atoms with Crippen LogP contribution < -0.4 is 19.1 Å². The van der Waals surface area contributed by atoms with E-state index in [9.17, 15) is 13.2 Å². The van der Waals surface area contributed by atoms with Crippen molar-refractivity contribution in [3.8, 4) is 11.5 Å². The summed E-state index contributed by atoms with van der Waals surface area (Å²) in [4.78, 5) is 13.5. The van der Waals surface area contributed by atoms with Gasteiger partial charge in [-0.05, 0) is 48.4 Å². The van der Waals surface area contributed by atoms with Crippen molar-refractivity contribution in [2.24, 2.45) is 0 Å². The molecule has 0 saturated carbocycles. The molecule has 0 saturated heterocycles. The zero-order valence-corrected chi connectivity index (χ0v) is 22.9. The number of rotatable bonds is 9. The first-order valence-electron chi connectivity index (χ1n) is 10.6. The molecular formula is C25H26BrClN2O5S. The van der Waals surface area contributed by atoms with Crippen molar-refractivity contribution in [3.63, 3.8) is 0 Å². The predicted molar refractivity (Wildman–Crippen MR) is 142 cm³/mol. The van der Waals surface area contributed by atoms with Crippen LogP contribution in [0.4, 0.5) is 5.69 Å². The second kappa shape index (κ2) is 11.3. The smallest absolute Gasteiger partial charge is 0.254 e. The van der Waals surface area contributed by atoms with E-state index in [0.29, 0.717) is 22.1 Å². The second-order valence-corrected chi connectivity index (χ2v) is 11.1. The van der Waals surface area contributed by atoms with E-state index in [0.717, 1.165) is 20.6 Å². The molecular weight excluding hydrogens is 556 g/mol. The number of halogens is 2. The van der Waals surface area contributed by atoms with Crippen LogP contribution in [-0.2, 0) is 16.6 Å². The van der Waals surface area contributed by atoms with Gasteiger partial charge in [0.05, 0.1) is 44.3 Å². The van der Waals surface area contributed by atoms with Gasteiger partial charge in [-0.25, -0.2) is 8.42 Å². The lowest BCUT2D eigenvalue weighted by atomic mass is 10.1. The van der Waals surface area contributed by atoms with Gasteiger partial charge in [-0.15, -0.1) is 0 Å². The Morgan fingerprint density at radius 1 is 1.03 bits per heavy atom. The van der Waals surface area contributed by atoms with E-state index in [1.54, 1.807) is 24.3 Å². The maximum atomic E-state index is 13.5. The lowest BCUT2D eigenvalue weighted by molar-refractivity contribution is 0.0940. The third-order valence-electron chi connectivity index (χ3n) is 5.37. The van der Waals surface area contributed by atoms with Gasteiger partial charge in [0.25, 0.3) is 5.91 Å². The van der Waals surface area contributed by atoms with Crippen molar-refractivity contribution >= 4 is 49.1 Å². The number of carbonyl (C=O) groups excluding carboxylic acids is 1. The highest BCUT2D eigenvalue weighted by molar-refractivity contribution is 9.10. The minimum absolute atomic E-state index is 0.00592. The molecule has 0 heterocycles. The fourth-order valence-electron chi connectivity index (χ4n) is 3.50. The van der Waals surface area contributed by atoms with Crippen molar-refractivity contribution in [1.82, 2.24) is 5.32 Å². The average Bonchev–Trinajstić information content (AvgIpc) is 2.82. The summed E-state index contributed by atoms with van der Waals surface area (Å²) in [5.74, 6) is 0.142. The second-order valence-electron chi connectivity index (χ2n) is 7.87. The number of sulfonamides is 1. The summed E-state index contributed by atoms with van der Waals surface area (Å²) in [6, 6.07) is 17.0. The Kier molecular flexibility index (Phi) is 8.69. The Labute approximate surface area is 219 Å². The Hall–Kier alpha value is -2.75. The summed E-state index contributed by atoms with van der Waals surface area (Å²) in [5.41, 5.74) is 1.89. The molecule has 0 radical (unpaired) electrons. The highest BCUT2D eigenvalue weighted by Crippen LogP contribution is 2.37. The molecule has 3 rings (SSSR count). The van der Waals surface area contributed by atoms with Crippen LogP contribution in [-0.4, -0.2) is 34.8 Å². The van der Waals surface area contributed by atoms with Crippen LogP contribution in [0.2, 0.25) is 5.02 Å². The number of amides is 1. The molecule has 35 heavy (non-hydrogen) atoms. The van der Waals surface area contributed by atoms with Gasteiger partial charge < -0.3 is 14.8 Å². The number of carbonyl (C=O) groups is 1. The molecule has 0 aliphatic carbocycles. The molecule has 1 unspecified atom stereocenters. The van der Waals surface area contributed by atoms with Crippen LogP contribution in [0, 0.1) is 0 Å². The van der Waals surface area contributed by atoms with Crippen LogP contribution in [0.15, 0.2) is 65.1 Å². The summed E-state index contributed by atoms with van der Waals surface area (Å²) in [5, 5.41) is 3.48. The fraction of sp³-hybridized carbons (Fsp3) is 0.240.